The van der Waals surface area contributed by atoms with Crippen LogP contribution in [0.2, 0.25) is 0 Å². The summed E-state index contributed by atoms with van der Waals surface area (Å²) in [7, 11) is -3.00. The van der Waals surface area contributed by atoms with Gasteiger partial charge in [0.05, 0.1) is 5.75 Å². The van der Waals surface area contributed by atoms with Crippen LogP contribution in [0, 0.1) is 5.92 Å². The maximum Gasteiger partial charge on any atom is 0.213 e. The lowest BCUT2D eigenvalue weighted by Crippen LogP contribution is -2.48. The normalized spacial score (nSPS) is 29.6. The van der Waals surface area contributed by atoms with Gasteiger partial charge in [0.15, 0.2) is 0 Å². The summed E-state index contributed by atoms with van der Waals surface area (Å²) in [5, 5.41) is 0. The fraction of sp³-hybridized carbons (Fsp3) is 1.00. The third-order valence-corrected chi connectivity index (χ3v) is 4.54. The van der Waals surface area contributed by atoms with E-state index in [1.54, 1.807) is 11.2 Å². The topological polar surface area (TPSA) is 63.4 Å². The van der Waals surface area contributed by atoms with Crippen LogP contribution in [0.5, 0.6) is 0 Å². The summed E-state index contributed by atoms with van der Waals surface area (Å²) in [6, 6.07) is 0.156. The first-order valence-electron chi connectivity index (χ1n) is 4.70. The predicted molar refractivity (Wildman–Crippen MR) is 60.0 cm³/mol. The van der Waals surface area contributed by atoms with Crippen LogP contribution in [0.3, 0.4) is 0 Å². The molecule has 1 rings (SSSR count). The number of hydrogen-bond acceptors (Lipinski definition) is 3. The molecule has 6 heteroatoms. The molecule has 0 saturated carbocycles. The van der Waals surface area contributed by atoms with Gasteiger partial charge >= 0.3 is 0 Å². The minimum atomic E-state index is -3.00. The number of rotatable bonds is 2. The van der Waals surface area contributed by atoms with Crippen molar-refractivity contribution in [2.75, 3.05) is 18.8 Å². The molecule has 1 saturated heterocycles. The molecule has 0 aromatic heterocycles. The molecule has 0 aromatic rings. The Balaban J connectivity index is 0.00000169. The predicted octanol–water partition coefficient (Wildman–Crippen LogP) is 0.427. The Morgan fingerprint density at radius 1 is 1.50 bits per heavy atom. The monoisotopic (exact) mass is 242 g/mol. The standard InChI is InChI=1S/C8H18N2O2S.ClH/c1-3-13(11,12)10-5-4-8(9)7(2)6-10;/h7-8H,3-6,9H2,1-2H3;1H. The first kappa shape index (κ1) is 14.2. The molecule has 2 atom stereocenters. The first-order valence-corrected chi connectivity index (χ1v) is 6.31. The number of halogens is 1. The van der Waals surface area contributed by atoms with Crippen molar-refractivity contribution in [3.8, 4) is 0 Å². The zero-order chi connectivity index (χ0) is 10.1. The highest BCUT2D eigenvalue weighted by Crippen LogP contribution is 2.17. The van der Waals surface area contributed by atoms with Crippen LogP contribution in [-0.4, -0.2) is 37.6 Å². The van der Waals surface area contributed by atoms with E-state index in [1.165, 1.54) is 0 Å². The van der Waals surface area contributed by atoms with Crippen molar-refractivity contribution in [3.63, 3.8) is 0 Å². The second kappa shape index (κ2) is 5.30. The van der Waals surface area contributed by atoms with Crippen LogP contribution in [0.4, 0.5) is 0 Å². The van der Waals surface area contributed by atoms with Gasteiger partial charge < -0.3 is 5.73 Å². The van der Waals surface area contributed by atoms with Crippen molar-refractivity contribution < 1.29 is 8.42 Å². The van der Waals surface area contributed by atoms with E-state index in [9.17, 15) is 8.42 Å². The molecule has 0 radical (unpaired) electrons. The summed E-state index contributed by atoms with van der Waals surface area (Å²) in [6.07, 6.45) is 0.778. The highest BCUT2D eigenvalue weighted by molar-refractivity contribution is 7.89. The van der Waals surface area contributed by atoms with E-state index < -0.39 is 10.0 Å². The van der Waals surface area contributed by atoms with E-state index >= 15 is 0 Å². The summed E-state index contributed by atoms with van der Waals surface area (Å²) < 4.78 is 24.5. The van der Waals surface area contributed by atoms with Crippen molar-refractivity contribution in [2.24, 2.45) is 11.7 Å². The minimum absolute atomic E-state index is 0. The van der Waals surface area contributed by atoms with Crippen LogP contribution < -0.4 is 5.73 Å². The van der Waals surface area contributed by atoms with Crippen LogP contribution in [0.15, 0.2) is 0 Å². The number of hydrogen-bond donors (Lipinski definition) is 1. The van der Waals surface area contributed by atoms with Crippen molar-refractivity contribution in [1.29, 1.82) is 0 Å². The Bertz CT molecular complexity index is 269. The van der Waals surface area contributed by atoms with Crippen LogP contribution in [0.25, 0.3) is 0 Å². The SMILES string of the molecule is CCS(=O)(=O)N1CCC(N)C(C)C1.Cl. The molecule has 0 bridgehead atoms. The zero-order valence-electron chi connectivity index (χ0n) is 8.64. The lowest BCUT2D eigenvalue weighted by molar-refractivity contribution is 0.250. The Morgan fingerprint density at radius 3 is 2.50 bits per heavy atom. The summed E-state index contributed by atoms with van der Waals surface area (Å²) in [6.45, 7) is 4.84. The van der Waals surface area contributed by atoms with Gasteiger partial charge in [0.2, 0.25) is 10.0 Å². The molecule has 0 amide bonds. The summed E-state index contributed by atoms with van der Waals surface area (Å²) in [5.41, 5.74) is 5.80. The maximum atomic E-state index is 11.5. The van der Waals surface area contributed by atoms with E-state index in [1.807, 2.05) is 6.92 Å². The van der Waals surface area contributed by atoms with Crippen molar-refractivity contribution in [2.45, 2.75) is 26.3 Å². The highest BCUT2D eigenvalue weighted by Gasteiger charge is 2.29. The average Bonchev–Trinajstić information content (AvgIpc) is 2.09. The largest absolute Gasteiger partial charge is 0.327 e. The number of nitrogens with zero attached hydrogens (tertiary/aromatic N) is 1. The second-order valence-corrected chi connectivity index (χ2v) is 5.95. The van der Waals surface area contributed by atoms with Gasteiger partial charge in [-0.1, -0.05) is 6.92 Å². The van der Waals surface area contributed by atoms with Crippen molar-refractivity contribution in [3.05, 3.63) is 0 Å². The van der Waals surface area contributed by atoms with E-state index in [-0.39, 0.29) is 30.1 Å². The number of piperidine rings is 1. The Morgan fingerprint density at radius 2 is 2.07 bits per heavy atom. The van der Waals surface area contributed by atoms with E-state index in [0.717, 1.165) is 6.42 Å². The second-order valence-electron chi connectivity index (χ2n) is 3.69. The van der Waals surface area contributed by atoms with Gasteiger partial charge in [-0.15, -0.1) is 12.4 Å². The Hall–Kier alpha value is 0.160. The van der Waals surface area contributed by atoms with Gasteiger partial charge in [-0.25, -0.2) is 12.7 Å². The third kappa shape index (κ3) is 3.08. The molecular formula is C8H19ClN2O2S. The molecule has 2 N–H and O–H groups in total. The van der Waals surface area contributed by atoms with Crippen molar-refractivity contribution in [1.82, 2.24) is 4.31 Å². The Kier molecular flexibility index (Phi) is 5.36. The summed E-state index contributed by atoms with van der Waals surface area (Å²) >= 11 is 0. The smallest absolute Gasteiger partial charge is 0.213 e. The molecule has 1 aliphatic rings. The quantitative estimate of drug-likeness (QED) is 0.764. The number of sulfonamides is 1. The average molecular weight is 243 g/mol. The zero-order valence-corrected chi connectivity index (χ0v) is 10.3. The van der Waals surface area contributed by atoms with Crippen LogP contribution >= 0.6 is 12.4 Å². The molecular weight excluding hydrogens is 224 g/mol. The molecule has 0 spiro atoms. The molecule has 4 nitrogen and oxygen atoms in total. The van der Waals surface area contributed by atoms with Gasteiger partial charge in [-0.05, 0) is 19.3 Å². The van der Waals surface area contributed by atoms with E-state index in [4.69, 9.17) is 5.73 Å². The summed E-state index contributed by atoms with van der Waals surface area (Å²) in [5.74, 6) is 0.463. The molecule has 86 valence electrons. The fourth-order valence-corrected chi connectivity index (χ4v) is 2.77. The van der Waals surface area contributed by atoms with E-state index in [0.29, 0.717) is 13.1 Å². The maximum absolute atomic E-state index is 11.5. The Labute approximate surface area is 92.3 Å². The minimum Gasteiger partial charge on any atom is -0.327 e. The lowest BCUT2D eigenvalue weighted by atomic mass is 9.96. The van der Waals surface area contributed by atoms with E-state index in [2.05, 4.69) is 0 Å². The molecule has 14 heavy (non-hydrogen) atoms. The first-order chi connectivity index (χ1) is 5.97. The molecule has 0 aromatic carbocycles. The van der Waals surface area contributed by atoms with Gasteiger partial charge in [0.1, 0.15) is 0 Å². The molecule has 1 aliphatic heterocycles. The molecule has 1 heterocycles. The molecule has 2 unspecified atom stereocenters. The van der Waals surface area contributed by atoms with Gasteiger partial charge in [0.25, 0.3) is 0 Å². The van der Waals surface area contributed by atoms with Gasteiger partial charge in [0, 0.05) is 19.1 Å². The van der Waals surface area contributed by atoms with Gasteiger partial charge in [-0.2, -0.15) is 0 Å². The summed E-state index contributed by atoms with van der Waals surface area (Å²) in [4.78, 5) is 0. The van der Waals surface area contributed by atoms with Crippen LogP contribution in [-0.2, 0) is 10.0 Å². The fourth-order valence-electron chi connectivity index (χ4n) is 1.56. The third-order valence-electron chi connectivity index (χ3n) is 2.69. The molecule has 0 aliphatic carbocycles. The van der Waals surface area contributed by atoms with Gasteiger partial charge in [-0.3, -0.25) is 0 Å². The lowest BCUT2D eigenvalue weighted by Gasteiger charge is -2.33. The highest BCUT2D eigenvalue weighted by atomic mass is 35.5. The molecule has 1 fully saturated rings. The van der Waals surface area contributed by atoms with Crippen LogP contribution in [0.1, 0.15) is 20.3 Å². The number of nitrogens with two attached hydrogens (primary N) is 1. The van der Waals surface area contributed by atoms with Crippen molar-refractivity contribution >= 4 is 22.4 Å².